The van der Waals surface area contributed by atoms with Crippen molar-refractivity contribution in [2.24, 2.45) is 0 Å². The fourth-order valence-electron chi connectivity index (χ4n) is 3.72. The second-order valence-electron chi connectivity index (χ2n) is 7.00. The van der Waals surface area contributed by atoms with Crippen molar-refractivity contribution in [3.63, 3.8) is 0 Å². The molecular weight excluding hydrogens is 432 g/mol. The van der Waals surface area contributed by atoms with E-state index in [0.29, 0.717) is 33.5 Å². The van der Waals surface area contributed by atoms with E-state index in [0.717, 1.165) is 15.7 Å². The molecule has 3 heterocycles. The molecule has 0 saturated carbocycles. The van der Waals surface area contributed by atoms with Crippen LogP contribution in [0.4, 0.5) is 5.69 Å². The van der Waals surface area contributed by atoms with Gasteiger partial charge in [0, 0.05) is 10.7 Å². The summed E-state index contributed by atoms with van der Waals surface area (Å²) in [5.74, 6) is -0.706. The number of aromatic nitrogens is 3. The molecule has 2 amide bonds. The van der Waals surface area contributed by atoms with Gasteiger partial charge in [-0.15, -0.1) is 0 Å². The van der Waals surface area contributed by atoms with Crippen LogP contribution in [-0.4, -0.2) is 26.6 Å². The van der Waals surface area contributed by atoms with E-state index in [4.69, 9.17) is 0 Å². The lowest BCUT2D eigenvalue weighted by molar-refractivity contribution is 0.0926. The number of pyridine rings is 1. The van der Waals surface area contributed by atoms with Crippen molar-refractivity contribution in [2.45, 2.75) is 13.8 Å². The smallest absolute Gasteiger partial charge is 0.267 e. The lowest BCUT2D eigenvalue weighted by atomic mass is 10.1. The first kappa shape index (κ1) is 17.8. The van der Waals surface area contributed by atoms with Crippen molar-refractivity contribution in [1.82, 2.24) is 14.8 Å². The Hall–Kier alpha value is -3.32. The molecule has 4 aromatic rings. The quantitative estimate of drug-likeness (QED) is 0.422. The molecule has 1 aliphatic rings. The summed E-state index contributed by atoms with van der Waals surface area (Å²) in [7, 11) is 0. The maximum Gasteiger partial charge on any atom is 0.267 e. The van der Waals surface area contributed by atoms with Crippen molar-refractivity contribution >= 4 is 44.5 Å². The first-order valence-corrected chi connectivity index (χ1v) is 9.85. The molecule has 29 heavy (non-hydrogen) atoms. The van der Waals surface area contributed by atoms with Crippen LogP contribution in [0.25, 0.3) is 16.7 Å². The second-order valence-corrected chi connectivity index (χ2v) is 7.92. The number of aryl methyl sites for hydroxylation is 2. The summed E-state index contributed by atoms with van der Waals surface area (Å²) in [5.41, 5.74) is 4.23. The number of amides is 2. The van der Waals surface area contributed by atoms with E-state index in [9.17, 15) is 9.59 Å². The number of carbonyl (C=O) groups excluding carboxylic acids is 2. The third-order valence-corrected chi connectivity index (χ3v) is 5.58. The zero-order valence-corrected chi connectivity index (χ0v) is 17.3. The summed E-state index contributed by atoms with van der Waals surface area (Å²) in [6.07, 6.45) is 1.48. The molecule has 5 rings (SSSR count). The Morgan fingerprint density at radius 2 is 1.69 bits per heavy atom. The summed E-state index contributed by atoms with van der Waals surface area (Å²) in [5, 5.41) is 5.21. The van der Waals surface area contributed by atoms with Gasteiger partial charge in [0.2, 0.25) is 0 Å². The largest absolute Gasteiger partial charge is 0.268 e. The summed E-state index contributed by atoms with van der Waals surface area (Å²) in [6.45, 7) is 3.75. The predicted molar refractivity (Wildman–Crippen MR) is 114 cm³/mol. The van der Waals surface area contributed by atoms with E-state index in [1.165, 1.54) is 11.1 Å². The summed E-state index contributed by atoms with van der Waals surface area (Å²) < 4.78 is 2.66. The number of rotatable bonds is 2. The van der Waals surface area contributed by atoms with Crippen LogP contribution in [0.1, 0.15) is 32.0 Å². The standard InChI is InChI=1S/C22H15BrN4O2/c1-12-4-3-5-16(10-12)26-21(28)17-11-24-20-18(19(17)22(26)29)13(2)25-27(20)15-8-6-14(23)7-9-15/h3-11H,1-2H3. The molecule has 7 heteroatoms. The molecular formula is C22H15BrN4O2. The van der Waals surface area contributed by atoms with Gasteiger partial charge in [-0.05, 0) is 55.8 Å². The molecule has 0 N–H and O–H groups in total. The molecule has 2 aromatic heterocycles. The number of imide groups is 1. The van der Waals surface area contributed by atoms with E-state index in [1.807, 2.05) is 56.3 Å². The van der Waals surface area contributed by atoms with Gasteiger partial charge in [-0.25, -0.2) is 14.6 Å². The number of benzene rings is 2. The Labute approximate surface area is 174 Å². The normalized spacial score (nSPS) is 13.4. The summed E-state index contributed by atoms with van der Waals surface area (Å²) in [4.78, 5) is 32.0. The average Bonchev–Trinajstić information content (AvgIpc) is 3.17. The SMILES string of the molecule is Cc1cccc(N2C(=O)c3cnc4c(c(C)nn4-c4ccc(Br)cc4)c3C2=O)c1. The number of hydrogen-bond acceptors (Lipinski definition) is 4. The molecule has 0 unspecified atom stereocenters. The van der Waals surface area contributed by atoms with Gasteiger partial charge >= 0.3 is 0 Å². The second kappa shape index (κ2) is 6.35. The van der Waals surface area contributed by atoms with Gasteiger partial charge in [0.1, 0.15) is 0 Å². The van der Waals surface area contributed by atoms with E-state index in [2.05, 4.69) is 26.0 Å². The highest BCUT2D eigenvalue weighted by atomic mass is 79.9. The van der Waals surface area contributed by atoms with Crippen molar-refractivity contribution < 1.29 is 9.59 Å². The molecule has 142 valence electrons. The van der Waals surface area contributed by atoms with E-state index < -0.39 is 0 Å². The molecule has 1 aliphatic heterocycles. The zero-order chi connectivity index (χ0) is 20.3. The van der Waals surface area contributed by atoms with Gasteiger partial charge in [0.25, 0.3) is 11.8 Å². The van der Waals surface area contributed by atoms with Crippen LogP contribution in [0.15, 0.2) is 59.2 Å². The number of carbonyl (C=O) groups is 2. The zero-order valence-electron chi connectivity index (χ0n) is 15.7. The van der Waals surface area contributed by atoms with Crippen molar-refractivity contribution in [3.8, 4) is 5.69 Å². The van der Waals surface area contributed by atoms with E-state index in [-0.39, 0.29) is 11.8 Å². The van der Waals surface area contributed by atoms with Gasteiger partial charge in [0.15, 0.2) is 5.65 Å². The maximum atomic E-state index is 13.3. The van der Waals surface area contributed by atoms with Crippen LogP contribution in [0.5, 0.6) is 0 Å². The molecule has 0 atom stereocenters. The summed E-state index contributed by atoms with van der Waals surface area (Å²) >= 11 is 3.43. The van der Waals surface area contributed by atoms with Crippen molar-refractivity contribution in [1.29, 1.82) is 0 Å². The third-order valence-electron chi connectivity index (χ3n) is 5.05. The molecule has 2 aromatic carbocycles. The Morgan fingerprint density at radius 3 is 2.41 bits per heavy atom. The van der Waals surface area contributed by atoms with Crippen LogP contribution in [0, 0.1) is 13.8 Å². The minimum absolute atomic E-state index is 0.308. The minimum Gasteiger partial charge on any atom is -0.268 e. The third kappa shape index (κ3) is 2.61. The predicted octanol–water partition coefficient (Wildman–Crippen LogP) is 4.60. The Morgan fingerprint density at radius 1 is 0.931 bits per heavy atom. The molecule has 0 bridgehead atoms. The molecule has 0 fully saturated rings. The number of nitrogens with zero attached hydrogens (tertiary/aromatic N) is 4. The highest BCUT2D eigenvalue weighted by Crippen LogP contribution is 2.34. The van der Waals surface area contributed by atoms with E-state index in [1.54, 1.807) is 10.7 Å². The Bertz CT molecular complexity index is 1320. The molecule has 0 spiro atoms. The molecule has 0 saturated heterocycles. The number of anilines is 1. The maximum absolute atomic E-state index is 13.3. The van der Waals surface area contributed by atoms with E-state index >= 15 is 0 Å². The van der Waals surface area contributed by atoms with Crippen molar-refractivity contribution in [3.05, 3.63) is 81.6 Å². The number of hydrogen-bond donors (Lipinski definition) is 0. The average molecular weight is 447 g/mol. The van der Waals surface area contributed by atoms with Gasteiger partial charge < -0.3 is 0 Å². The first-order chi connectivity index (χ1) is 14.0. The van der Waals surface area contributed by atoms with Crippen LogP contribution >= 0.6 is 15.9 Å². The molecule has 6 nitrogen and oxygen atoms in total. The highest BCUT2D eigenvalue weighted by molar-refractivity contribution is 9.10. The number of fused-ring (bicyclic) bond motifs is 3. The van der Waals surface area contributed by atoms with Gasteiger partial charge in [-0.1, -0.05) is 28.1 Å². The first-order valence-electron chi connectivity index (χ1n) is 9.05. The van der Waals surface area contributed by atoms with Crippen LogP contribution in [-0.2, 0) is 0 Å². The molecule has 0 aliphatic carbocycles. The van der Waals surface area contributed by atoms with Gasteiger partial charge in [0.05, 0.1) is 33.6 Å². The fourth-order valence-corrected chi connectivity index (χ4v) is 3.99. The molecule has 0 radical (unpaired) electrons. The summed E-state index contributed by atoms with van der Waals surface area (Å²) in [6, 6.07) is 15.0. The topological polar surface area (TPSA) is 68.1 Å². The lowest BCUT2D eigenvalue weighted by Gasteiger charge is -2.14. The number of halogens is 1. The van der Waals surface area contributed by atoms with Gasteiger partial charge in [-0.3, -0.25) is 9.59 Å². The lowest BCUT2D eigenvalue weighted by Crippen LogP contribution is -2.29. The van der Waals surface area contributed by atoms with Crippen molar-refractivity contribution in [2.75, 3.05) is 4.90 Å². The van der Waals surface area contributed by atoms with Gasteiger partial charge in [-0.2, -0.15) is 5.10 Å². The highest BCUT2D eigenvalue weighted by Gasteiger charge is 2.40. The van der Waals surface area contributed by atoms with Crippen LogP contribution < -0.4 is 4.90 Å². The Balaban J connectivity index is 1.71. The Kier molecular flexibility index (Phi) is 3.89. The monoisotopic (exact) mass is 446 g/mol. The fraction of sp³-hybridized carbons (Fsp3) is 0.0909. The van der Waals surface area contributed by atoms with Crippen LogP contribution in [0.3, 0.4) is 0 Å². The minimum atomic E-state index is -0.360. The van der Waals surface area contributed by atoms with Crippen LogP contribution in [0.2, 0.25) is 0 Å².